The molecule has 0 spiro atoms. The Morgan fingerprint density at radius 1 is 0.583 bits per heavy atom. The number of carboxylic acid groups (broad SMARTS) is 1. The zero-order valence-corrected chi connectivity index (χ0v) is 35.1. The summed E-state index contributed by atoms with van der Waals surface area (Å²) in [5.41, 5.74) is -1.62. The first-order chi connectivity index (χ1) is 28.6. The normalized spacial score (nSPS) is 15.5. The van der Waals surface area contributed by atoms with Crippen LogP contribution in [0.1, 0.15) is 47.1 Å². The number of hydrogen-bond donors (Lipinski definition) is 3. The van der Waals surface area contributed by atoms with Crippen molar-refractivity contribution in [3.8, 4) is 34.1 Å². The van der Waals surface area contributed by atoms with Crippen molar-refractivity contribution in [2.45, 2.75) is 64.6 Å². The van der Waals surface area contributed by atoms with E-state index in [1.165, 1.54) is 20.8 Å². The number of rotatable bonds is 6. The largest absolute Gasteiger partial charge is 0.491 e. The molecule has 5 aromatic carbocycles. The van der Waals surface area contributed by atoms with Gasteiger partial charge in [0.25, 0.3) is 0 Å². The van der Waals surface area contributed by atoms with Crippen LogP contribution in [-0.2, 0) is 30.2 Å². The third kappa shape index (κ3) is 11.0. The number of carbonyl (C=O) groups excluding carboxylic acids is 2. The highest BCUT2D eigenvalue weighted by molar-refractivity contribution is 6.09. The molecule has 0 fully saturated rings. The smallest absolute Gasteiger partial charge is 0.408 e. The molecular formula is C47H54N2O11. The lowest BCUT2D eigenvalue weighted by atomic mass is 9.91. The Morgan fingerprint density at radius 2 is 1.05 bits per heavy atom. The first kappa shape index (κ1) is 43.5. The zero-order chi connectivity index (χ0) is 42.9. The first-order valence-electron chi connectivity index (χ1n) is 20.0. The molecule has 1 aliphatic rings. The van der Waals surface area contributed by atoms with Gasteiger partial charge in [-0.1, -0.05) is 66.7 Å². The predicted octanol–water partition coefficient (Wildman–Crippen LogP) is 7.73. The number of alkyl carbamates (subject to hydrolysis) is 1. The Bertz CT molecular complexity index is 2320. The first-order valence-corrected chi connectivity index (χ1v) is 20.0. The van der Waals surface area contributed by atoms with Crippen molar-refractivity contribution < 1.29 is 52.6 Å². The fraction of sp³-hybridized carbons (Fsp3) is 0.383. The number of carbonyl (C=O) groups is 3. The van der Waals surface area contributed by atoms with Crippen LogP contribution >= 0.6 is 0 Å². The van der Waals surface area contributed by atoms with Crippen molar-refractivity contribution in [1.82, 2.24) is 10.6 Å². The summed E-state index contributed by atoms with van der Waals surface area (Å²) in [4.78, 5) is 38.5. The van der Waals surface area contributed by atoms with Gasteiger partial charge in [0.05, 0.1) is 26.4 Å². The van der Waals surface area contributed by atoms with E-state index in [1.807, 2.05) is 42.5 Å². The predicted molar refractivity (Wildman–Crippen MR) is 228 cm³/mol. The van der Waals surface area contributed by atoms with Gasteiger partial charge in [-0.25, -0.2) is 9.59 Å². The third-order valence-corrected chi connectivity index (χ3v) is 9.78. The fourth-order valence-corrected chi connectivity index (χ4v) is 6.80. The SMILES string of the molecule is CC(C)(C)OC(=O)NC(C)(C)C(=O)N[C@@](C)(Cc1ccc2c(c1)OCCOCCOc1ccc3ccccc3c1-c1c(ccc3ccccc13)OCCOCCO2)C(=O)O. The minimum atomic E-state index is -1.76. The molecule has 3 N–H and O–H groups in total. The second-order valence-corrected chi connectivity index (χ2v) is 16.2. The van der Waals surface area contributed by atoms with Crippen molar-refractivity contribution in [3.05, 3.63) is 96.6 Å². The van der Waals surface area contributed by atoms with Gasteiger partial charge >= 0.3 is 12.1 Å². The summed E-state index contributed by atoms with van der Waals surface area (Å²) in [6, 6.07) is 29.6. The molecular weight excluding hydrogens is 769 g/mol. The Labute approximate surface area is 350 Å². The van der Waals surface area contributed by atoms with Crippen LogP contribution in [0.15, 0.2) is 91.0 Å². The van der Waals surface area contributed by atoms with E-state index >= 15 is 0 Å². The highest BCUT2D eigenvalue weighted by Gasteiger charge is 2.41. The number of fused-ring (bicyclic) bond motifs is 8. The van der Waals surface area contributed by atoms with E-state index in [4.69, 9.17) is 33.2 Å². The topological polar surface area (TPSA) is 160 Å². The van der Waals surface area contributed by atoms with E-state index in [0.29, 0.717) is 35.2 Å². The van der Waals surface area contributed by atoms with Crippen molar-refractivity contribution in [1.29, 1.82) is 0 Å². The van der Waals surface area contributed by atoms with Gasteiger partial charge in [-0.05, 0) is 92.9 Å². The summed E-state index contributed by atoms with van der Waals surface area (Å²) in [6.45, 7) is 11.4. The van der Waals surface area contributed by atoms with Crippen LogP contribution in [0.25, 0.3) is 32.7 Å². The second kappa shape index (κ2) is 18.9. The fourth-order valence-electron chi connectivity index (χ4n) is 6.80. The maximum atomic E-state index is 13.4. The minimum absolute atomic E-state index is 0.111. The molecule has 318 valence electrons. The minimum Gasteiger partial charge on any atom is -0.491 e. The van der Waals surface area contributed by atoms with Crippen LogP contribution in [0.4, 0.5) is 4.79 Å². The van der Waals surface area contributed by atoms with Gasteiger partial charge in [-0.15, -0.1) is 0 Å². The average molecular weight is 823 g/mol. The quantitative estimate of drug-likeness (QED) is 0.154. The number of ether oxygens (including phenoxy) is 7. The van der Waals surface area contributed by atoms with Crippen LogP contribution < -0.4 is 29.6 Å². The van der Waals surface area contributed by atoms with Gasteiger partial charge in [0.2, 0.25) is 5.91 Å². The van der Waals surface area contributed by atoms with Crippen LogP contribution in [0.5, 0.6) is 23.0 Å². The van der Waals surface area contributed by atoms with Crippen molar-refractivity contribution in [2.75, 3.05) is 52.9 Å². The van der Waals surface area contributed by atoms with Gasteiger partial charge in [0, 0.05) is 17.5 Å². The molecule has 0 saturated heterocycles. The van der Waals surface area contributed by atoms with Gasteiger partial charge in [-0.2, -0.15) is 0 Å². The van der Waals surface area contributed by atoms with Crippen molar-refractivity contribution in [3.63, 3.8) is 0 Å². The number of benzene rings is 5. The highest BCUT2D eigenvalue weighted by atomic mass is 16.6. The molecule has 60 heavy (non-hydrogen) atoms. The molecule has 0 aliphatic carbocycles. The van der Waals surface area contributed by atoms with E-state index in [0.717, 1.165) is 32.7 Å². The molecule has 0 bridgehead atoms. The van der Waals surface area contributed by atoms with Crippen LogP contribution in [-0.4, -0.2) is 92.6 Å². The molecule has 1 aliphatic heterocycles. The standard InChI is InChI=1S/C47H54N2O11/c1-45(2,3)60-44(53)49-46(4,5)42(50)48-47(6,43(51)52)30-31-15-18-36-39(29-31)59-28-24-55-23-27-58-38-20-17-33-12-8-10-14-35(33)41(38)40-34-13-9-7-11-32(34)16-19-37(40)57-26-22-54-21-25-56-36/h7-20,29H,21-28,30H2,1-6H3,(H,48,50)(H,49,53)(H,51,52)/t47-/m0/s1. The Hall–Kier alpha value is -6.05. The lowest BCUT2D eigenvalue weighted by molar-refractivity contribution is -0.147. The van der Waals surface area contributed by atoms with Crippen LogP contribution in [0.3, 0.4) is 0 Å². The molecule has 13 heteroatoms. The number of carboxylic acids is 1. The van der Waals surface area contributed by atoms with E-state index < -0.39 is 34.6 Å². The molecule has 1 heterocycles. The number of hydrogen-bond acceptors (Lipinski definition) is 10. The van der Waals surface area contributed by atoms with E-state index in [2.05, 4.69) is 41.0 Å². The summed E-state index contributed by atoms with van der Waals surface area (Å²) in [6.07, 6.45) is -0.917. The lowest BCUT2D eigenvalue weighted by Crippen LogP contribution is -2.63. The summed E-state index contributed by atoms with van der Waals surface area (Å²) < 4.78 is 42.2. The summed E-state index contributed by atoms with van der Waals surface area (Å²) in [7, 11) is 0. The summed E-state index contributed by atoms with van der Waals surface area (Å²) in [5, 5.41) is 19.7. The van der Waals surface area contributed by atoms with Crippen LogP contribution in [0, 0.1) is 0 Å². The van der Waals surface area contributed by atoms with E-state index in [-0.39, 0.29) is 52.7 Å². The molecule has 0 saturated carbocycles. The molecule has 0 aromatic heterocycles. The van der Waals surface area contributed by atoms with Crippen molar-refractivity contribution >= 4 is 39.5 Å². The summed E-state index contributed by atoms with van der Waals surface area (Å²) in [5.74, 6) is 0.219. The van der Waals surface area contributed by atoms with Gasteiger partial charge in [-0.3, -0.25) is 4.79 Å². The summed E-state index contributed by atoms with van der Waals surface area (Å²) >= 11 is 0. The second-order valence-electron chi connectivity index (χ2n) is 16.2. The maximum Gasteiger partial charge on any atom is 0.408 e. The molecule has 0 unspecified atom stereocenters. The Morgan fingerprint density at radius 3 is 1.55 bits per heavy atom. The van der Waals surface area contributed by atoms with Crippen LogP contribution in [0.2, 0.25) is 0 Å². The molecule has 13 nitrogen and oxygen atoms in total. The average Bonchev–Trinajstić information content (AvgIpc) is 3.19. The monoisotopic (exact) mass is 822 g/mol. The number of nitrogens with one attached hydrogen (secondary N) is 2. The molecule has 2 amide bonds. The molecule has 1 atom stereocenters. The lowest BCUT2D eigenvalue weighted by Gasteiger charge is -2.33. The third-order valence-electron chi connectivity index (χ3n) is 9.78. The van der Waals surface area contributed by atoms with Crippen molar-refractivity contribution in [2.24, 2.45) is 0 Å². The van der Waals surface area contributed by atoms with E-state index in [9.17, 15) is 19.5 Å². The molecule has 0 radical (unpaired) electrons. The van der Waals surface area contributed by atoms with E-state index in [1.54, 1.807) is 39.0 Å². The molecule has 5 aromatic rings. The zero-order valence-electron chi connectivity index (χ0n) is 35.1. The highest BCUT2D eigenvalue weighted by Crippen LogP contribution is 2.45. The maximum absolute atomic E-state index is 13.4. The van der Waals surface area contributed by atoms with Gasteiger partial charge < -0.3 is 48.9 Å². The number of aliphatic carboxylic acids is 1. The number of amides is 2. The Kier molecular flexibility index (Phi) is 13.7. The Balaban J connectivity index is 1.18. The van der Waals surface area contributed by atoms with Gasteiger partial charge in [0.1, 0.15) is 54.6 Å². The van der Waals surface area contributed by atoms with Gasteiger partial charge in [0.15, 0.2) is 11.5 Å². The molecule has 6 rings (SSSR count).